The average Bonchev–Trinajstić information content (AvgIpc) is 2.62. The number of ether oxygens (including phenoxy) is 1. The molecule has 0 aromatic heterocycles. The van der Waals surface area contributed by atoms with Gasteiger partial charge in [-0.2, -0.15) is 0 Å². The van der Waals surface area contributed by atoms with Crippen LogP contribution in [0.25, 0.3) is 0 Å². The Bertz CT molecular complexity index is 722. The van der Waals surface area contributed by atoms with Crippen molar-refractivity contribution in [3.8, 4) is 5.75 Å². The molecular weight excluding hydrogens is 318 g/mol. The molecule has 2 aromatic rings. The summed E-state index contributed by atoms with van der Waals surface area (Å²) in [5.41, 5.74) is 4.32. The molecule has 0 amide bonds. The number of rotatable bonds is 3. The van der Waals surface area contributed by atoms with Crippen LogP contribution < -0.4 is 10.1 Å². The quantitative estimate of drug-likeness (QED) is 0.855. The summed E-state index contributed by atoms with van der Waals surface area (Å²) >= 11 is 6.20. The fourth-order valence-corrected chi connectivity index (χ4v) is 4.29. The van der Waals surface area contributed by atoms with E-state index in [4.69, 9.17) is 16.3 Å². The van der Waals surface area contributed by atoms with Crippen LogP contribution >= 0.6 is 11.6 Å². The van der Waals surface area contributed by atoms with Gasteiger partial charge in [-0.3, -0.25) is 0 Å². The minimum absolute atomic E-state index is 0.352. The number of aryl methyl sites for hydroxylation is 1. The van der Waals surface area contributed by atoms with Crippen molar-refractivity contribution >= 4 is 11.6 Å². The molecule has 1 N–H and O–H groups in total. The molecule has 1 aliphatic carbocycles. The maximum Gasteiger partial charge on any atom is 0.120 e. The van der Waals surface area contributed by atoms with Gasteiger partial charge in [0.2, 0.25) is 0 Å². The van der Waals surface area contributed by atoms with Gasteiger partial charge in [-0.05, 0) is 68.0 Å². The third kappa shape index (κ3) is 3.31. The van der Waals surface area contributed by atoms with E-state index in [1.807, 2.05) is 24.3 Å². The van der Waals surface area contributed by atoms with Crippen molar-refractivity contribution < 1.29 is 4.74 Å². The predicted molar refractivity (Wildman–Crippen MR) is 98.8 cm³/mol. The monoisotopic (exact) mass is 341 g/mol. The van der Waals surface area contributed by atoms with E-state index in [9.17, 15) is 0 Å². The Hall–Kier alpha value is -1.51. The summed E-state index contributed by atoms with van der Waals surface area (Å²) in [5, 5.41) is 4.56. The molecule has 1 atom stereocenters. The molecule has 1 saturated heterocycles. The zero-order valence-corrected chi connectivity index (χ0v) is 14.7. The van der Waals surface area contributed by atoms with Crippen molar-refractivity contribution in [2.45, 2.75) is 50.7 Å². The summed E-state index contributed by atoms with van der Waals surface area (Å²) in [4.78, 5) is 0. The Balaban J connectivity index is 1.46. The number of fused-ring (bicyclic) bond motifs is 1. The zero-order valence-electron chi connectivity index (χ0n) is 14.0. The van der Waals surface area contributed by atoms with Gasteiger partial charge in [-0.15, -0.1) is 0 Å². The fraction of sp³-hybridized carbons (Fsp3) is 0.429. The Morgan fingerprint density at radius 3 is 2.79 bits per heavy atom. The molecule has 2 aliphatic rings. The smallest absolute Gasteiger partial charge is 0.120 e. The molecule has 0 radical (unpaired) electrons. The molecule has 1 heterocycles. The van der Waals surface area contributed by atoms with E-state index in [2.05, 4.69) is 23.5 Å². The van der Waals surface area contributed by atoms with Crippen molar-refractivity contribution in [1.82, 2.24) is 5.32 Å². The van der Waals surface area contributed by atoms with Gasteiger partial charge in [-0.25, -0.2) is 0 Å². The molecule has 1 fully saturated rings. The summed E-state index contributed by atoms with van der Waals surface area (Å²) in [6, 6.07) is 14.4. The number of hydrogen-bond acceptors (Lipinski definition) is 2. The zero-order chi connectivity index (χ0) is 16.4. The van der Waals surface area contributed by atoms with E-state index in [0.29, 0.717) is 12.1 Å². The molecule has 1 unspecified atom stereocenters. The molecule has 3 heteroatoms. The number of nitrogens with one attached hydrogen (secondary N) is 1. The minimum atomic E-state index is 0.352. The summed E-state index contributed by atoms with van der Waals surface area (Å²) in [5.74, 6) is 0.946. The Labute approximate surface area is 149 Å². The molecular formula is C21H24ClNO. The first-order chi connectivity index (χ1) is 11.7. The first kappa shape index (κ1) is 16.0. The molecule has 126 valence electrons. The molecule has 0 bridgehead atoms. The molecule has 1 aliphatic heterocycles. The second-order valence-electron chi connectivity index (χ2n) is 7.15. The SMILES string of the molecule is Clc1ccccc1COc1ccc2c(c1)CCC1(CCCCN1)C2. The highest BCUT2D eigenvalue weighted by atomic mass is 35.5. The van der Waals surface area contributed by atoms with Crippen molar-refractivity contribution in [1.29, 1.82) is 0 Å². The second kappa shape index (κ2) is 6.78. The van der Waals surface area contributed by atoms with Gasteiger partial charge >= 0.3 is 0 Å². The highest BCUT2D eigenvalue weighted by Crippen LogP contribution is 2.35. The standard InChI is InChI=1S/C21H24ClNO/c22-20-6-2-1-5-18(20)15-24-19-8-7-17-14-21(10-3-4-12-23-21)11-9-16(17)13-19/h1-2,5-8,13,23H,3-4,9-12,14-15H2. The van der Waals surface area contributed by atoms with E-state index in [1.165, 1.54) is 43.4 Å². The second-order valence-corrected chi connectivity index (χ2v) is 7.56. The van der Waals surface area contributed by atoms with Crippen molar-refractivity contribution in [3.05, 3.63) is 64.2 Å². The lowest BCUT2D eigenvalue weighted by molar-refractivity contribution is 0.225. The van der Waals surface area contributed by atoms with Crippen LogP contribution in [-0.4, -0.2) is 12.1 Å². The van der Waals surface area contributed by atoms with Gasteiger partial charge in [0.05, 0.1) is 0 Å². The van der Waals surface area contributed by atoms with Crippen LogP contribution in [0.5, 0.6) is 5.75 Å². The van der Waals surface area contributed by atoms with Crippen molar-refractivity contribution in [2.24, 2.45) is 0 Å². The predicted octanol–water partition coefficient (Wildman–Crippen LogP) is 4.92. The van der Waals surface area contributed by atoms with Crippen LogP contribution in [-0.2, 0) is 19.4 Å². The largest absolute Gasteiger partial charge is 0.489 e. The third-order valence-electron chi connectivity index (χ3n) is 5.51. The lowest BCUT2D eigenvalue weighted by Gasteiger charge is -2.42. The van der Waals surface area contributed by atoms with Gasteiger partial charge < -0.3 is 10.1 Å². The first-order valence-electron chi connectivity index (χ1n) is 8.97. The normalized spacial score (nSPS) is 23.0. The highest BCUT2D eigenvalue weighted by Gasteiger charge is 2.35. The highest BCUT2D eigenvalue weighted by molar-refractivity contribution is 6.31. The van der Waals surface area contributed by atoms with E-state index < -0.39 is 0 Å². The van der Waals surface area contributed by atoms with E-state index in [1.54, 1.807) is 0 Å². The summed E-state index contributed by atoms with van der Waals surface area (Å²) < 4.78 is 5.98. The van der Waals surface area contributed by atoms with Gasteiger partial charge in [0.1, 0.15) is 12.4 Å². The Morgan fingerprint density at radius 2 is 1.96 bits per heavy atom. The van der Waals surface area contributed by atoms with Gasteiger partial charge in [-0.1, -0.05) is 42.3 Å². The van der Waals surface area contributed by atoms with Crippen LogP contribution in [0.1, 0.15) is 42.4 Å². The molecule has 24 heavy (non-hydrogen) atoms. The molecule has 0 saturated carbocycles. The van der Waals surface area contributed by atoms with Crippen molar-refractivity contribution in [2.75, 3.05) is 6.54 Å². The van der Waals surface area contributed by atoms with Crippen LogP contribution in [0.15, 0.2) is 42.5 Å². The van der Waals surface area contributed by atoms with Crippen LogP contribution in [0.4, 0.5) is 0 Å². The molecule has 2 aromatic carbocycles. The fourth-order valence-electron chi connectivity index (χ4n) is 4.10. The van der Waals surface area contributed by atoms with E-state index in [0.717, 1.165) is 29.2 Å². The Morgan fingerprint density at radius 1 is 1.04 bits per heavy atom. The summed E-state index contributed by atoms with van der Waals surface area (Å²) in [6.45, 7) is 1.69. The van der Waals surface area contributed by atoms with E-state index >= 15 is 0 Å². The van der Waals surface area contributed by atoms with Gasteiger partial charge in [0, 0.05) is 16.1 Å². The third-order valence-corrected chi connectivity index (χ3v) is 5.88. The number of benzene rings is 2. The Kier molecular flexibility index (Phi) is 4.51. The topological polar surface area (TPSA) is 21.3 Å². The number of piperidine rings is 1. The minimum Gasteiger partial charge on any atom is -0.489 e. The molecule has 2 nitrogen and oxygen atoms in total. The lowest BCUT2D eigenvalue weighted by Crippen LogP contribution is -2.52. The number of halogens is 1. The number of hydrogen-bond donors (Lipinski definition) is 1. The molecule has 1 spiro atoms. The van der Waals surface area contributed by atoms with Crippen LogP contribution in [0.3, 0.4) is 0 Å². The van der Waals surface area contributed by atoms with Gasteiger partial charge in [0.25, 0.3) is 0 Å². The first-order valence-corrected chi connectivity index (χ1v) is 9.35. The summed E-state index contributed by atoms with van der Waals surface area (Å²) in [6.07, 6.45) is 7.55. The van der Waals surface area contributed by atoms with Crippen molar-refractivity contribution in [3.63, 3.8) is 0 Å². The van der Waals surface area contributed by atoms with Crippen LogP contribution in [0, 0.1) is 0 Å². The van der Waals surface area contributed by atoms with E-state index in [-0.39, 0.29) is 0 Å². The van der Waals surface area contributed by atoms with Gasteiger partial charge in [0.15, 0.2) is 0 Å². The van der Waals surface area contributed by atoms with Crippen LogP contribution in [0.2, 0.25) is 5.02 Å². The molecule has 4 rings (SSSR count). The lowest BCUT2D eigenvalue weighted by atomic mass is 9.74. The average molecular weight is 342 g/mol. The maximum absolute atomic E-state index is 6.20. The summed E-state index contributed by atoms with van der Waals surface area (Å²) in [7, 11) is 0. The maximum atomic E-state index is 6.20.